The highest BCUT2D eigenvalue weighted by atomic mass is 16.3. The normalized spacial score (nSPS) is 15.2. The molecule has 1 rings (SSSR count). The van der Waals surface area contributed by atoms with Crippen LogP contribution in [0, 0.1) is 5.92 Å². The molecular weight excluding hydrogens is 254 g/mol. The number of carbonyl (C=O) groups excluding carboxylic acids is 1. The molecule has 20 heavy (non-hydrogen) atoms. The molecule has 5 heteroatoms. The van der Waals surface area contributed by atoms with Gasteiger partial charge in [-0.25, -0.2) is 0 Å². The predicted octanol–water partition coefficient (Wildman–Crippen LogP) is 1.85. The smallest absolute Gasteiger partial charge is 0.254 e. The maximum absolute atomic E-state index is 12.3. The van der Waals surface area contributed by atoms with Crippen LogP contribution in [0.5, 0.6) is 0 Å². The molecule has 0 fully saturated rings. The summed E-state index contributed by atoms with van der Waals surface area (Å²) >= 11 is 0. The van der Waals surface area contributed by atoms with Crippen molar-refractivity contribution in [1.82, 2.24) is 15.1 Å². The number of amides is 1. The zero-order valence-corrected chi connectivity index (χ0v) is 13.6. The average Bonchev–Trinajstić information content (AvgIpc) is 2.68. The minimum Gasteiger partial charge on any atom is -0.388 e. The zero-order chi connectivity index (χ0) is 15.7. The first-order valence-corrected chi connectivity index (χ1v) is 7.00. The summed E-state index contributed by atoms with van der Waals surface area (Å²) in [4.78, 5) is 12.3. The second kappa shape index (κ2) is 5.56. The number of aliphatic hydroxyl groups is 1. The van der Waals surface area contributed by atoms with Crippen LogP contribution >= 0.6 is 0 Å². The van der Waals surface area contributed by atoms with Crippen molar-refractivity contribution in [1.29, 1.82) is 0 Å². The van der Waals surface area contributed by atoms with Gasteiger partial charge in [-0.05, 0) is 12.8 Å². The number of aromatic nitrogens is 2. The number of aryl methyl sites for hydroxylation is 1. The summed E-state index contributed by atoms with van der Waals surface area (Å²) in [5, 5.41) is 17.4. The van der Waals surface area contributed by atoms with Crippen LogP contribution in [0.4, 0.5) is 0 Å². The molecule has 0 aliphatic carbocycles. The molecule has 1 aromatic heterocycles. The van der Waals surface area contributed by atoms with E-state index in [2.05, 4.69) is 10.4 Å². The fourth-order valence-electron chi connectivity index (χ4n) is 1.77. The SMILES string of the molecule is CC(C)C(C)(O)CNC(=O)c1cn(C)nc1C(C)(C)C. The van der Waals surface area contributed by atoms with E-state index in [1.165, 1.54) is 0 Å². The number of hydrogen-bond donors (Lipinski definition) is 2. The van der Waals surface area contributed by atoms with E-state index in [4.69, 9.17) is 0 Å². The molecule has 0 bridgehead atoms. The largest absolute Gasteiger partial charge is 0.388 e. The summed E-state index contributed by atoms with van der Waals surface area (Å²) in [6.07, 6.45) is 1.72. The van der Waals surface area contributed by atoms with Crippen LogP contribution in [0.15, 0.2) is 6.20 Å². The summed E-state index contributed by atoms with van der Waals surface area (Å²) < 4.78 is 1.65. The Bertz CT molecular complexity index is 482. The van der Waals surface area contributed by atoms with Crippen LogP contribution in [0.25, 0.3) is 0 Å². The molecule has 0 aliphatic heterocycles. The van der Waals surface area contributed by atoms with Gasteiger partial charge in [-0.3, -0.25) is 9.48 Å². The fraction of sp³-hybridized carbons (Fsp3) is 0.733. The second-order valence-corrected chi connectivity index (χ2v) is 7.01. The topological polar surface area (TPSA) is 67.2 Å². The number of nitrogens with zero attached hydrogens (tertiary/aromatic N) is 2. The Morgan fingerprint density at radius 1 is 1.40 bits per heavy atom. The molecule has 1 amide bonds. The van der Waals surface area contributed by atoms with E-state index < -0.39 is 5.60 Å². The minimum absolute atomic E-state index is 0.0683. The van der Waals surface area contributed by atoms with Gasteiger partial charge in [-0.1, -0.05) is 34.6 Å². The van der Waals surface area contributed by atoms with E-state index in [0.29, 0.717) is 5.56 Å². The van der Waals surface area contributed by atoms with Crippen molar-refractivity contribution in [2.45, 2.75) is 52.6 Å². The summed E-state index contributed by atoms with van der Waals surface area (Å²) in [5.74, 6) is -0.122. The van der Waals surface area contributed by atoms with Gasteiger partial charge in [0.05, 0.1) is 16.9 Å². The molecular formula is C15H27N3O2. The molecule has 5 nitrogen and oxygen atoms in total. The standard InChI is InChI=1S/C15H27N3O2/c1-10(2)15(6,20)9-16-13(19)11-8-18(7)17-12(11)14(3,4)5/h8,10,20H,9H2,1-7H3,(H,16,19). The van der Waals surface area contributed by atoms with Gasteiger partial charge in [0.1, 0.15) is 0 Å². The molecule has 0 spiro atoms. The van der Waals surface area contributed by atoms with Gasteiger partial charge in [0.25, 0.3) is 5.91 Å². The number of nitrogens with one attached hydrogen (secondary N) is 1. The zero-order valence-electron chi connectivity index (χ0n) is 13.6. The third-order valence-electron chi connectivity index (χ3n) is 3.63. The Balaban J connectivity index is 2.89. The molecule has 0 radical (unpaired) electrons. The van der Waals surface area contributed by atoms with Crippen LogP contribution in [0.3, 0.4) is 0 Å². The molecule has 1 unspecified atom stereocenters. The summed E-state index contributed by atoms with van der Waals surface area (Å²) in [5.41, 5.74) is 0.218. The summed E-state index contributed by atoms with van der Waals surface area (Å²) in [6, 6.07) is 0. The third kappa shape index (κ3) is 3.82. The van der Waals surface area contributed by atoms with Crippen molar-refractivity contribution in [2.24, 2.45) is 13.0 Å². The first-order chi connectivity index (χ1) is 8.95. The lowest BCUT2D eigenvalue weighted by Crippen LogP contribution is -2.44. The van der Waals surface area contributed by atoms with E-state index in [1.807, 2.05) is 34.6 Å². The molecule has 1 atom stereocenters. The Morgan fingerprint density at radius 3 is 2.40 bits per heavy atom. The first kappa shape index (κ1) is 16.7. The van der Waals surface area contributed by atoms with Crippen LogP contribution in [-0.4, -0.2) is 32.9 Å². The molecule has 0 aliphatic rings. The van der Waals surface area contributed by atoms with Gasteiger partial charge in [0.15, 0.2) is 0 Å². The van der Waals surface area contributed by atoms with Gasteiger partial charge >= 0.3 is 0 Å². The van der Waals surface area contributed by atoms with E-state index in [0.717, 1.165) is 5.69 Å². The predicted molar refractivity (Wildman–Crippen MR) is 79.7 cm³/mol. The Hall–Kier alpha value is -1.36. The van der Waals surface area contributed by atoms with Gasteiger partial charge < -0.3 is 10.4 Å². The van der Waals surface area contributed by atoms with Crippen molar-refractivity contribution < 1.29 is 9.90 Å². The minimum atomic E-state index is -0.917. The molecule has 1 heterocycles. The second-order valence-electron chi connectivity index (χ2n) is 7.01. The summed E-state index contributed by atoms with van der Waals surface area (Å²) in [6.45, 7) is 11.9. The van der Waals surface area contributed by atoms with E-state index in [1.54, 1.807) is 24.9 Å². The highest BCUT2D eigenvalue weighted by Crippen LogP contribution is 2.24. The Morgan fingerprint density at radius 2 is 1.95 bits per heavy atom. The molecule has 2 N–H and O–H groups in total. The van der Waals surface area contributed by atoms with Crippen LogP contribution < -0.4 is 5.32 Å². The molecule has 1 aromatic rings. The first-order valence-electron chi connectivity index (χ1n) is 7.00. The maximum Gasteiger partial charge on any atom is 0.254 e. The van der Waals surface area contributed by atoms with Gasteiger partial charge in [-0.2, -0.15) is 5.10 Å². The van der Waals surface area contributed by atoms with Crippen LogP contribution in [0.2, 0.25) is 0 Å². The lowest BCUT2D eigenvalue weighted by atomic mass is 9.89. The Kier molecular flexibility index (Phi) is 4.64. The van der Waals surface area contributed by atoms with Crippen molar-refractivity contribution in [3.8, 4) is 0 Å². The van der Waals surface area contributed by atoms with Crippen molar-refractivity contribution in [3.63, 3.8) is 0 Å². The van der Waals surface area contributed by atoms with Crippen LogP contribution in [-0.2, 0) is 12.5 Å². The number of carbonyl (C=O) groups is 1. The maximum atomic E-state index is 12.3. The van der Waals surface area contributed by atoms with Crippen molar-refractivity contribution in [2.75, 3.05) is 6.54 Å². The average molecular weight is 281 g/mol. The number of hydrogen-bond acceptors (Lipinski definition) is 3. The highest BCUT2D eigenvalue weighted by Gasteiger charge is 2.29. The molecule has 114 valence electrons. The van der Waals surface area contributed by atoms with E-state index in [9.17, 15) is 9.90 Å². The quantitative estimate of drug-likeness (QED) is 0.885. The highest BCUT2D eigenvalue weighted by molar-refractivity contribution is 5.95. The van der Waals surface area contributed by atoms with Crippen LogP contribution in [0.1, 0.15) is 57.6 Å². The number of rotatable bonds is 4. The van der Waals surface area contributed by atoms with E-state index in [-0.39, 0.29) is 23.8 Å². The van der Waals surface area contributed by atoms with Gasteiger partial charge in [-0.15, -0.1) is 0 Å². The van der Waals surface area contributed by atoms with Crippen molar-refractivity contribution in [3.05, 3.63) is 17.5 Å². The van der Waals surface area contributed by atoms with Gasteiger partial charge in [0, 0.05) is 25.2 Å². The molecule has 0 saturated heterocycles. The molecule has 0 saturated carbocycles. The Labute approximate surface area is 121 Å². The summed E-state index contributed by atoms with van der Waals surface area (Å²) in [7, 11) is 1.80. The fourth-order valence-corrected chi connectivity index (χ4v) is 1.77. The molecule has 0 aromatic carbocycles. The van der Waals surface area contributed by atoms with E-state index >= 15 is 0 Å². The third-order valence-corrected chi connectivity index (χ3v) is 3.63. The lowest BCUT2D eigenvalue weighted by Gasteiger charge is -2.28. The monoisotopic (exact) mass is 281 g/mol. The van der Waals surface area contributed by atoms with Crippen molar-refractivity contribution >= 4 is 5.91 Å². The van der Waals surface area contributed by atoms with Gasteiger partial charge in [0.2, 0.25) is 0 Å². The lowest BCUT2D eigenvalue weighted by molar-refractivity contribution is 0.0142.